The van der Waals surface area contributed by atoms with Crippen molar-refractivity contribution in [3.05, 3.63) is 48.1 Å². The number of benzene rings is 1. The predicted octanol–water partition coefficient (Wildman–Crippen LogP) is 3.56. The first-order valence-electron chi connectivity index (χ1n) is 7.27. The first kappa shape index (κ1) is 14.6. The summed E-state index contributed by atoms with van der Waals surface area (Å²) in [4.78, 5) is 10.1. The van der Waals surface area contributed by atoms with E-state index in [0.29, 0.717) is 17.3 Å². The van der Waals surface area contributed by atoms with Gasteiger partial charge in [0, 0.05) is 6.07 Å². The molecule has 0 saturated heterocycles. The lowest BCUT2D eigenvalue weighted by Crippen LogP contribution is -1.99. The van der Waals surface area contributed by atoms with E-state index in [2.05, 4.69) is 15.1 Å². The Hall–Kier alpha value is -2.93. The van der Waals surface area contributed by atoms with Gasteiger partial charge in [-0.2, -0.15) is 5.10 Å². The van der Waals surface area contributed by atoms with Crippen LogP contribution in [0.3, 0.4) is 0 Å². The van der Waals surface area contributed by atoms with Crippen molar-refractivity contribution in [3.8, 4) is 27.9 Å². The molecular formula is C17H14N4O2S. The third-order valence-electron chi connectivity index (χ3n) is 3.67. The Bertz CT molecular complexity index is 995. The number of ether oxygens (including phenoxy) is 2. The number of methoxy groups -OCH3 is 2. The van der Waals surface area contributed by atoms with Gasteiger partial charge in [0.05, 0.1) is 37.2 Å². The molecule has 0 radical (unpaired) electrons. The van der Waals surface area contributed by atoms with Crippen LogP contribution in [0.25, 0.3) is 27.4 Å². The number of rotatable bonds is 4. The standard InChI is InChI=1S/C17H14N4O2S/c1-22-14-6-5-11(8-15(14)23-2)21-13-10-18-17(16-4-3-7-24-16)20-12(13)9-19-21/h3-10H,1-2H3. The van der Waals surface area contributed by atoms with Gasteiger partial charge in [0.15, 0.2) is 17.3 Å². The van der Waals surface area contributed by atoms with Crippen LogP contribution in [0.4, 0.5) is 0 Å². The summed E-state index contributed by atoms with van der Waals surface area (Å²) >= 11 is 1.61. The molecule has 3 aromatic heterocycles. The number of nitrogens with zero attached hydrogens (tertiary/aromatic N) is 4. The van der Waals surface area contributed by atoms with Gasteiger partial charge >= 0.3 is 0 Å². The maximum absolute atomic E-state index is 5.36. The summed E-state index contributed by atoms with van der Waals surface area (Å²) in [6, 6.07) is 9.63. The molecule has 0 spiro atoms. The summed E-state index contributed by atoms with van der Waals surface area (Å²) in [6.45, 7) is 0. The highest BCUT2D eigenvalue weighted by atomic mass is 32.1. The second-order valence-electron chi connectivity index (χ2n) is 5.04. The van der Waals surface area contributed by atoms with Crippen LogP contribution in [0.5, 0.6) is 11.5 Å². The summed E-state index contributed by atoms with van der Waals surface area (Å²) in [7, 11) is 3.22. The first-order chi connectivity index (χ1) is 11.8. The Morgan fingerprint density at radius 3 is 2.67 bits per heavy atom. The Morgan fingerprint density at radius 2 is 1.92 bits per heavy atom. The highest BCUT2D eigenvalue weighted by Crippen LogP contribution is 2.30. The van der Waals surface area contributed by atoms with Crippen LogP contribution < -0.4 is 9.47 Å². The van der Waals surface area contributed by atoms with Gasteiger partial charge < -0.3 is 9.47 Å². The maximum Gasteiger partial charge on any atom is 0.170 e. The Balaban J connectivity index is 1.80. The lowest BCUT2D eigenvalue weighted by atomic mass is 10.2. The second-order valence-corrected chi connectivity index (χ2v) is 5.98. The van der Waals surface area contributed by atoms with Crippen LogP contribution in [-0.4, -0.2) is 34.0 Å². The molecule has 120 valence electrons. The zero-order valence-electron chi connectivity index (χ0n) is 13.1. The quantitative estimate of drug-likeness (QED) is 0.569. The minimum Gasteiger partial charge on any atom is -0.493 e. The Morgan fingerprint density at radius 1 is 1.04 bits per heavy atom. The van der Waals surface area contributed by atoms with E-state index in [0.717, 1.165) is 21.6 Å². The number of hydrogen-bond acceptors (Lipinski definition) is 6. The van der Waals surface area contributed by atoms with E-state index < -0.39 is 0 Å². The topological polar surface area (TPSA) is 62.1 Å². The molecule has 0 unspecified atom stereocenters. The van der Waals surface area contributed by atoms with E-state index in [1.807, 2.05) is 35.7 Å². The van der Waals surface area contributed by atoms with Crippen molar-refractivity contribution in [1.29, 1.82) is 0 Å². The molecule has 6 nitrogen and oxygen atoms in total. The van der Waals surface area contributed by atoms with Gasteiger partial charge in [-0.15, -0.1) is 11.3 Å². The van der Waals surface area contributed by atoms with Gasteiger partial charge in [0.2, 0.25) is 0 Å². The van der Waals surface area contributed by atoms with E-state index in [1.54, 1.807) is 42.6 Å². The highest BCUT2D eigenvalue weighted by Gasteiger charge is 2.12. The van der Waals surface area contributed by atoms with Crippen LogP contribution in [-0.2, 0) is 0 Å². The number of aromatic nitrogens is 4. The molecule has 0 fully saturated rings. The van der Waals surface area contributed by atoms with Crippen molar-refractivity contribution in [2.45, 2.75) is 0 Å². The van der Waals surface area contributed by atoms with E-state index in [-0.39, 0.29) is 0 Å². The van der Waals surface area contributed by atoms with Gasteiger partial charge in [-0.3, -0.25) is 0 Å². The zero-order valence-corrected chi connectivity index (χ0v) is 13.9. The molecule has 3 heterocycles. The number of thiophene rings is 1. The lowest BCUT2D eigenvalue weighted by molar-refractivity contribution is 0.355. The van der Waals surface area contributed by atoms with E-state index >= 15 is 0 Å². The number of fused-ring (bicyclic) bond motifs is 1. The van der Waals surface area contributed by atoms with Gasteiger partial charge in [0.1, 0.15) is 11.0 Å². The smallest absolute Gasteiger partial charge is 0.170 e. The lowest BCUT2D eigenvalue weighted by Gasteiger charge is -2.10. The third-order valence-corrected chi connectivity index (χ3v) is 4.54. The summed E-state index contributed by atoms with van der Waals surface area (Å²) in [5.41, 5.74) is 2.49. The van der Waals surface area contributed by atoms with Crippen LogP contribution in [0.1, 0.15) is 0 Å². The molecule has 0 atom stereocenters. The third kappa shape index (κ3) is 2.39. The average molecular weight is 338 g/mol. The van der Waals surface area contributed by atoms with E-state index in [4.69, 9.17) is 9.47 Å². The molecule has 0 aliphatic carbocycles. The largest absolute Gasteiger partial charge is 0.493 e. The van der Waals surface area contributed by atoms with Crippen molar-refractivity contribution in [1.82, 2.24) is 19.7 Å². The van der Waals surface area contributed by atoms with Gasteiger partial charge in [0.25, 0.3) is 0 Å². The summed E-state index contributed by atoms with van der Waals surface area (Å²) in [6.07, 6.45) is 3.53. The van der Waals surface area contributed by atoms with Crippen LogP contribution >= 0.6 is 11.3 Å². The molecule has 4 aromatic rings. The van der Waals surface area contributed by atoms with Gasteiger partial charge in [-0.25, -0.2) is 14.6 Å². The number of hydrogen-bond donors (Lipinski definition) is 0. The predicted molar refractivity (Wildman–Crippen MR) is 93.1 cm³/mol. The molecular weight excluding hydrogens is 324 g/mol. The summed E-state index contributed by atoms with van der Waals surface area (Å²) in [5, 5.41) is 6.45. The summed E-state index contributed by atoms with van der Waals surface area (Å²) in [5.74, 6) is 2.04. The molecule has 0 bridgehead atoms. The molecule has 0 N–H and O–H groups in total. The van der Waals surface area contributed by atoms with Crippen LogP contribution in [0.2, 0.25) is 0 Å². The monoisotopic (exact) mass is 338 g/mol. The molecule has 0 aliphatic rings. The van der Waals surface area contributed by atoms with Crippen molar-refractivity contribution in [3.63, 3.8) is 0 Å². The molecule has 4 rings (SSSR count). The maximum atomic E-state index is 5.36. The summed E-state index contributed by atoms with van der Waals surface area (Å²) < 4.78 is 12.4. The molecule has 0 saturated carbocycles. The van der Waals surface area contributed by atoms with Crippen molar-refractivity contribution in [2.75, 3.05) is 14.2 Å². The van der Waals surface area contributed by atoms with Crippen molar-refractivity contribution < 1.29 is 9.47 Å². The van der Waals surface area contributed by atoms with Gasteiger partial charge in [-0.05, 0) is 23.6 Å². The van der Waals surface area contributed by atoms with Crippen molar-refractivity contribution in [2.24, 2.45) is 0 Å². The van der Waals surface area contributed by atoms with Crippen LogP contribution in [0, 0.1) is 0 Å². The van der Waals surface area contributed by atoms with E-state index in [9.17, 15) is 0 Å². The highest BCUT2D eigenvalue weighted by molar-refractivity contribution is 7.13. The SMILES string of the molecule is COc1ccc(-n2ncc3nc(-c4cccs4)ncc32)cc1OC. The molecule has 7 heteroatoms. The fourth-order valence-electron chi connectivity index (χ4n) is 2.51. The minimum absolute atomic E-state index is 0.648. The molecule has 1 aromatic carbocycles. The fraction of sp³-hybridized carbons (Fsp3) is 0.118. The minimum atomic E-state index is 0.648. The average Bonchev–Trinajstić information content (AvgIpc) is 3.30. The Kier molecular flexibility index (Phi) is 3.62. The second kappa shape index (κ2) is 5.93. The zero-order chi connectivity index (χ0) is 16.5. The normalized spacial score (nSPS) is 10.9. The first-order valence-corrected chi connectivity index (χ1v) is 8.15. The van der Waals surface area contributed by atoms with Crippen molar-refractivity contribution >= 4 is 22.4 Å². The van der Waals surface area contributed by atoms with E-state index in [1.165, 1.54) is 0 Å². The fourth-order valence-corrected chi connectivity index (χ4v) is 3.17. The molecule has 0 amide bonds. The van der Waals surface area contributed by atoms with Crippen LogP contribution in [0.15, 0.2) is 48.1 Å². The Labute approximate surface area is 142 Å². The molecule has 24 heavy (non-hydrogen) atoms. The van der Waals surface area contributed by atoms with Gasteiger partial charge in [-0.1, -0.05) is 6.07 Å². The molecule has 0 aliphatic heterocycles.